The van der Waals surface area contributed by atoms with Crippen molar-refractivity contribution in [3.05, 3.63) is 47.0 Å². The van der Waals surface area contributed by atoms with Crippen molar-refractivity contribution in [2.45, 2.75) is 33.0 Å². The van der Waals surface area contributed by atoms with Gasteiger partial charge in [-0.05, 0) is 24.1 Å². The summed E-state index contributed by atoms with van der Waals surface area (Å²) in [6, 6.07) is 5.83. The molecular formula is C15H18N4O2. The summed E-state index contributed by atoms with van der Waals surface area (Å²) in [5.41, 5.74) is 3.35. The second-order valence-corrected chi connectivity index (χ2v) is 5.27. The fourth-order valence-electron chi connectivity index (χ4n) is 2.55. The first kappa shape index (κ1) is 13.8. The second kappa shape index (κ2) is 5.65. The van der Waals surface area contributed by atoms with Gasteiger partial charge in [-0.2, -0.15) is 5.10 Å². The summed E-state index contributed by atoms with van der Waals surface area (Å²) in [4.78, 5) is 17.7. The third-order valence-electron chi connectivity index (χ3n) is 3.78. The van der Waals surface area contributed by atoms with Crippen LogP contribution >= 0.6 is 0 Å². The number of rotatable bonds is 4. The fourth-order valence-corrected chi connectivity index (χ4v) is 2.55. The largest absolute Gasteiger partial charge is 0.476 e. The van der Waals surface area contributed by atoms with Crippen molar-refractivity contribution in [3.8, 4) is 0 Å². The van der Waals surface area contributed by atoms with Crippen molar-refractivity contribution in [3.63, 3.8) is 0 Å². The van der Waals surface area contributed by atoms with E-state index in [1.54, 1.807) is 10.7 Å². The van der Waals surface area contributed by atoms with E-state index in [2.05, 4.69) is 34.0 Å². The Balaban J connectivity index is 1.69. The lowest BCUT2D eigenvalue weighted by molar-refractivity contribution is 0.0689. The Hall–Kier alpha value is -2.21. The molecule has 1 N–H and O–H groups in total. The van der Waals surface area contributed by atoms with Gasteiger partial charge in [-0.25, -0.2) is 4.79 Å². The summed E-state index contributed by atoms with van der Waals surface area (Å²) in [6.45, 7) is 5.16. The quantitative estimate of drug-likeness (QED) is 0.923. The van der Waals surface area contributed by atoms with E-state index in [0.29, 0.717) is 6.54 Å². The van der Waals surface area contributed by atoms with Crippen LogP contribution < -0.4 is 0 Å². The molecule has 0 saturated carbocycles. The molecule has 0 bridgehead atoms. The predicted molar refractivity (Wildman–Crippen MR) is 76.9 cm³/mol. The number of carboxylic acids is 1. The third-order valence-corrected chi connectivity index (χ3v) is 3.78. The fraction of sp³-hybridized carbons (Fsp3) is 0.400. The van der Waals surface area contributed by atoms with E-state index < -0.39 is 5.97 Å². The van der Waals surface area contributed by atoms with Gasteiger partial charge < -0.3 is 5.11 Å². The molecule has 0 radical (unpaired) electrons. The standard InChI is InChI=1S/C15H18N4O2/c1-2-11-3-4-12(16-8-11)9-18-5-6-19-13(10-18)7-14(17-19)15(20)21/h3-4,7-8H,2,5-6,9-10H2,1H3,(H,20,21). The highest BCUT2D eigenvalue weighted by Gasteiger charge is 2.20. The van der Waals surface area contributed by atoms with E-state index in [4.69, 9.17) is 5.11 Å². The normalized spacial score (nSPS) is 14.9. The van der Waals surface area contributed by atoms with Crippen LogP contribution in [-0.2, 0) is 26.1 Å². The smallest absolute Gasteiger partial charge is 0.356 e. The van der Waals surface area contributed by atoms with Gasteiger partial charge in [0.25, 0.3) is 0 Å². The lowest BCUT2D eigenvalue weighted by Gasteiger charge is -2.27. The molecule has 1 aliphatic rings. The number of hydrogen-bond acceptors (Lipinski definition) is 4. The molecule has 0 aromatic carbocycles. The SMILES string of the molecule is CCc1ccc(CN2CCn3nc(C(=O)O)cc3C2)nc1. The first-order chi connectivity index (χ1) is 10.2. The van der Waals surface area contributed by atoms with Crippen molar-refractivity contribution in [2.24, 2.45) is 0 Å². The van der Waals surface area contributed by atoms with Crippen LogP contribution in [-0.4, -0.2) is 37.3 Å². The maximum Gasteiger partial charge on any atom is 0.356 e. The zero-order valence-electron chi connectivity index (χ0n) is 12.0. The average Bonchev–Trinajstić information content (AvgIpc) is 2.91. The van der Waals surface area contributed by atoms with E-state index >= 15 is 0 Å². The molecule has 0 amide bonds. The van der Waals surface area contributed by atoms with Crippen LogP contribution in [0.4, 0.5) is 0 Å². The number of fused-ring (bicyclic) bond motifs is 1. The van der Waals surface area contributed by atoms with Crippen molar-refractivity contribution in [2.75, 3.05) is 6.54 Å². The zero-order valence-corrected chi connectivity index (χ0v) is 12.0. The van der Waals surface area contributed by atoms with Crippen LogP contribution in [0.25, 0.3) is 0 Å². The Labute approximate surface area is 123 Å². The van der Waals surface area contributed by atoms with E-state index in [1.165, 1.54) is 5.56 Å². The lowest BCUT2D eigenvalue weighted by Crippen LogP contribution is -2.33. The Morgan fingerprint density at radius 3 is 2.90 bits per heavy atom. The van der Waals surface area contributed by atoms with Crippen LogP contribution in [0.1, 0.15) is 34.4 Å². The minimum Gasteiger partial charge on any atom is -0.476 e. The maximum atomic E-state index is 11.0. The monoisotopic (exact) mass is 286 g/mol. The number of hydrogen-bond donors (Lipinski definition) is 1. The molecule has 21 heavy (non-hydrogen) atoms. The van der Waals surface area contributed by atoms with Crippen molar-refractivity contribution in [1.82, 2.24) is 19.7 Å². The first-order valence-corrected chi connectivity index (χ1v) is 7.12. The molecular weight excluding hydrogens is 268 g/mol. The van der Waals surface area contributed by atoms with Gasteiger partial charge in [0.15, 0.2) is 5.69 Å². The van der Waals surface area contributed by atoms with Gasteiger partial charge in [-0.3, -0.25) is 14.6 Å². The number of aryl methyl sites for hydroxylation is 1. The van der Waals surface area contributed by atoms with Crippen LogP contribution in [0, 0.1) is 0 Å². The molecule has 110 valence electrons. The molecule has 1 aliphatic heterocycles. The highest BCUT2D eigenvalue weighted by Crippen LogP contribution is 2.16. The zero-order chi connectivity index (χ0) is 14.8. The highest BCUT2D eigenvalue weighted by molar-refractivity contribution is 5.85. The summed E-state index contributed by atoms with van der Waals surface area (Å²) in [5, 5.41) is 13.1. The average molecular weight is 286 g/mol. The number of aromatic carboxylic acids is 1. The van der Waals surface area contributed by atoms with Gasteiger partial charge in [0.2, 0.25) is 0 Å². The molecule has 3 heterocycles. The van der Waals surface area contributed by atoms with E-state index in [0.717, 1.165) is 37.4 Å². The lowest BCUT2D eigenvalue weighted by atomic mass is 10.2. The van der Waals surface area contributed by atoms with Gasteiger partial charge in [-0.15, -0.1) is 0 Å². The minimum atomic E-state index is -0.972. The van der Waals surface area contributed by atoms with Crippen LogP contribution in [0.3, 0.4) is 0 Å². The Bertz CT molecular complexity index is 648. The molecule has 2 aromatic rings. The van der Waals surface area contributed by atoms with Crippen molar-refractivity contribution in [1.29, 1.82) is 0 Å². The maximum absolute atomic E-state index is 11.0. The topological polar surface area (TPSA) is 71.2 Å². The van der Waals surface area contributed by atoms with Crippen LogP contribution in [0.2, 0.25) is 0 Å². The Kier molecular flexibility index (Phi) is 3.70. The van der Waals surface area contributed by atoms with Gasteiger partial charge in [-0.1, -0.05) is 13.0 Å². The number of carbonyl (C=O) groups is 1. The molecule has 0 aliphatic carbocycles. The number of carboxylic acid groups (broad SMARTS) is 1. The summed E-state index contributed by atoms with van der Waals surface area (Å²) in [6.07, 6.45) is 2.92. The molecule has 0 saturated heterocycles. The predicted octanol–water partition coefficient (Wildman–Crippen LogP) is 1.55. The van der Waals surface area contributed by atoms with Gasteiger partial charge >= 0.3 is 5.97 Å². The Morgan fingerprint density at radius 2 is 2.24 bits per heavy atom. The molecule has 6 nitrogen and oxygen atoms in total. The van der Waals surface area contributed by atoms with Crippen molar-refractivity contribution < 1.29 is 9.90 Å². The number of nitrogens with zero attached hydrogens (tertiary/aromatic N) is 4. The van der Waals surface area contributed by atoms with E-state index in [-0.39, 0.29) is 5.69 Å². The summed E-state index contributed by atoms with van der Waals surface area (Å²) < 4.78 is 1.79. The molecule has 3 rings (SSSR count). The second-order valence-electron chi connectivity index (χ2n) is 5.27. The molecule has 2 aromatic heterocycles. The van der Waals surface area contributed by atoms with Gasteiger partial charge in [0.1, 0.15) is 0 Å². The summed E-state index contributed by atoms with van der Waals surface area (Å²) in [5.74, 6) is -0.972. The third kappa shape index (κ3) is 2.95. The minimum absolute atomic E-state index is 0.122. The Morgan fingerprint density at radius 1 is 1.38 bits per heavy atom. The summed E-state index contributed by atoms with van der Waals surface area (Å²) in [7, 11) is 0. The van der Waals surface area contributed by atoms with Gasteiger partial charge in [0, 0.05) is 25.8 Å². The molecule has 0 fully saturated rings. The number of pyridine rings is 1. The molecule has 0 unspecified atom stereocenters. The molecule has 0 atom stereocenters. The van der Waals surface area contributed by atoms with Crippen molar-refractivity contribution >= 4 is 5.97 Å². The van der Waals surface area contributed by atoms with E-state index in [9.17, 15) is 4.79 Å². The molecule has 0 spiro atoms. The number of aromatic nitrogens is 3. The van der Waals surface area contributed by atoms with Crippen LogP contribution in [0.15, 0.2) is 24.4 Å². The first-order valence-electron chi connectivity index (χ1n) is 7.12. The highest BCUT2D eigenvalue weighted by atomic mass is 16.4. The van der Waals surface area contributed by atoms with Gasteiger partial charge in [0.05, 0.1) is 17.9 Å². The van der Waals surface area contributed by atoms with Crippen LogP contribution in [0.5, 0.6) is 0 Å². The molecule has 6 heteroatoms. The summed E-state index contributed by atoms with van der Waals surface area (Å²) >= 11 is 0. The van der Waals surface area contributed by atoms with E-state index in [1.807, 2.05) is 6.20 Å².